The van der Waals surface area contributed by atoms with Crippen LogP contribution in [0, 0.1) is 11.3 Å². The molecule has 1 aliphatic rings. The zero-order chi connectivity index (χ0) is 13.9. The van der Waals surface area contributed by atoms with Gasteiger partial charge in [0, 0.05) is 6.54 Å². The van der Waals surface area contributed by atoms with Crippen molar-refractivity contribution in [2.45, 2.75) is 40.2 Å². The Morgan fingerprint density at radius 2 is 1.95 bits per heavy atom. The predicted octanol–water partition coefficient (Wildman–Crippen LogP) is 3.86. The summed E-state index contributed by atoms with van der Waals surface area (Å²) in [5.41, 5.74) is 3.12. The van der Waals surface area contributed by atoms with Crippen LogP contribution in [0.4, 0.5) is 0 Å². The van der Waals surface area contributed by atoms with Crippen molar-refractivity contribution in [3.05, 3.63) is 41.5 Å². The lowest BCUT2D eigenvalue weighted by Gasteiger charge is -2.29. The topological polar surface area (TPSA) is 32.3 Å². The Balaban J connectivity index is 1.72. The maximum absolute atomic E-state index is 9.23. The van der Waals surface area contributed by atoms with Gasteiger partial charge in [-0.15, -0.1) is 0 Å². The summed E-state index contributed by atoms with van der Waals surface area (Å²) in [6.07, 6.45) is 4.84. The monoisotopic (exact) mass is 259 g/mol. The van der Waals surface area contributed by atoms with E-state index in [1.165, 1.54) is 24.0 Å². The Morgan fingerprint density at radius 1 is 1.26 bits per heavy atom. The molecule has 0 amide bonds. The minimum absolute atomic E-state index is 0.331. The van der Waals surface area contributed by atoms with Crippen molar-refractivity contribution in [1.82, 2.24) is 5.32 Å². The maximum atomic E-state index is 9.23. The van der Waals surface area contributed by atoms with Crippen molar-refractivity contribution >= 4 is 0 Å². The van der Waals surface area contributed by atoms with Crippen LogP contribution in [0.5, 0.6) is 5.75 Å². The first kappa shape index (κ1) is 14.1. The van der Waals surface area contributed by atoms with Gasteiger partial charge in [-0.25, -0.2) is 0 Å². The molecule has 1 unspecified atom stereocenters. The summed E-state index contributed by atoms with van der Waals surface area (Å²) in [5.74, 6) is 1.10. The van der Waals surface area contributed by atoms with E-state index in [-0.39, 0.29) is 0 Å². The minimum Gasteiger partial charge on any atom is -0.508 e. The molecule has 104 valence electrons. The number of nitrogens with one attached hydrogen (secondary N) is 1. The quantitative estimate of drug-likeness (QED) is 0.621. The Labute approximate surface area is 116 Å². The van der Waals surface area contributed by atoms with Crippen LogP contribution in [0.15, 0.2) is 35.9 Å². The number of phenolic OH excluding ortho intramolecular Hbond substituents is 1. The molecule has 1 atom stereocenters. The zero-order valence-electron chi connectivity index (χ0n) is 12.2. The van der Waals surface area contributed by atoms with Crippen LogP contribution in [0.2, 0.25) is 0 Å². The molecule has 2 nitrogen and oxygen atoms in total. The summed E-state index contributed by atoms with van der Waals surface area (Å²) in [7, 11) is 0. The van der Waals surface area contributed by atoms with E-state index in [1.807, 2.05) is 12.1 Å². The fourth-order valence-corrected chi connectivity index (χ4v) is 2.80. The van der Waals surface area contributed by atoms with Gasteiger partial charge in [-0.3, -0.25) is 0 Å². The first-order valence-electron chi connectivity index (χ1n) is 7.16. The lowest BCUT2D eigenvalue weighted by atomic mass is 9.76. The van der Waals surface area contributed by atoms with Crippen LogP contribution in [-0.4, -0.2) is 11.7 Å². The van der Waals surface area contributed by atoms with E-state index in [0.717, 1.165) is 19.0 Å². The lowest BCUT2D eigenvalue weighted by Crippen LogP contribution is -2.25. The number of benzene rings is 1. The average Bonchev–Trinajstić information content (AvgIpc) is 2.63. The molecular weight excluding hydrogens is 234 g/mol. The Morgan fingerprint density at radius 3 is 2.53 bits per heavy atom. The molecule has 0 spiro atoms. The standard InChI is InChI=1S/C17H25NO/c1-13-4-7-15(17(13,2)3)10-11-18-12-14-5-8-16(19)9-6-14/h4-6,8-9,15,18-19H,7,10-12H2,1-3H3. The zero-order valence-corrected chi connectivity index (χ0v) is 12.2. The molecule has 2 heteroatoms. The molecule has 0 aromatic heterocycles. The van der Waals surface area contributed by atoms with Crippen molar-refractivity contribution in [2.75, 3.05) is 6.54 Å². The Kier molecular flexibility index (Phi) is 4.31. The maximum Gasteiger partial charge on any atom is 0.115 e. The second-order valence-corrected chi connectivity index (χ2v) is 6.17. The third kappa shape index (κ3) is 3.38. The number of allylic oxidation sites excluding steroid dienone is 2. The molecule has 0 fully saturated rings. The highest BCUT2D eigenvalue weighted by molar-refractivity contribution is 5.25. The van der Waals surface area contributed by atoms with E-state index in [9.17, 15) is 5.11 Å². The van der Waals surface area contributed by atoms with Gasteiger partial charge in [-0.1, -0.05) is 37.6 Å². The third-order valence-corrected chi connectivity index (χ3v) is 4.68. The van der Waals surface area contributed by atoms with Crippen LogP contribution in [0.3, 0.4) is 0 Å². The molecule has 1 aromatic carbocycles. The number of hydrogen-bond donors (Lipinski definition) is 2. The van der Waals surface area contributed by atoms with E-state index in [0.29, 0.717) is 11.2 Å². The van der Waals surface area contributed by atoms with E-state index in [4.69, 9.17) is 0 Å². The van der Waals surface area contributed by atoms with Gasteiger partial charge in [0.15, 0.2) is 0 Å². The number of hydrogen-bond acceptors (Lipinski definition) is 2. The van der Waals surface area contributed by atoms with E-state index >= 15 is 0 Å². The highest BCUT2D eigenvalue weighted by atomic mass is 16.3. The third-order valence-electron chi connectivity index (χ3n) is 4.68. The minimum atomic E-state index is 0.331. The van der Waals surface area contributed by atoms with Gasteiger partial charge in [0.05, 0.1) is 0 Å². The first-order chi connectivity index (χ1) is 9.00. The van der Waals surface area contributed by atoms with Gasteiger partial charge in [0.1, 0.15) is 5.75 Å². The van der Waals surface area contributed by atoms with Crippen LogP contribution >= 0.6 is 0 Å². The number of aromatic hydroxyl groups is 1. The molecule has 0 saturated carbocycles. The largest absolute Gasteiger partial charge is 0.508 e. The molecule has 19 heavy (non-hydrogen) atoms. The highest BCUT2D eigenvalue weighted by Gasteiger charge is 2.33. The van der Waals surface area contributed by atoms with Crippen molar-refractivity contribution < 1.29 is 5.11 Å². The molecule has 1 aliphatic carbocycles. The molecule has 0 bridgehead atoms. The van der Waals surface area contributed by atoms with Crippen molar-refractivity contribution in [1.29, 1.82) is 0 Å². The predicted molar refractivity (Wildman–Crippen MR) is 80.1 cm³/mol. The molecule has 0 saturated heterocycles. The summed E-state index contributed by atoms with van der Waals surface area (Å²) in [4.78, 5) is 0. The molecule has 0 heterocycles. The van der Waals surface area contributed by atoms with Crippen molar-refractivity contribution in [3.63, 3.8) is 0 Å². The summed E-state index contributed by atoms with van der Waals surface area (Å²) in [5, 5.41) is 12.7. The van der Waals surface area contributed by atoms with Crippen LogP contribution < -0.4 is 5.32 Å². The van der Waals surface area contributed by atoms with Crippen LogP contribution in [0.25, 0.3) is 0 Å². The van der Waals surface area contributed by atoms with Gasteiger partial charge in [0.25, 0.3) is 0 Å². The second kappa shape index (κ2) is 5.79. The highest BCUT2D eigenvalue weighted by Crippen LogP contribution is 2.44. The summed E-state index contributed by atoms with van der Waals surface area (Å²) in [6, 6.07) is 7.41. The normalized spacial score (nSPS) is 21.4. The second-order valence-electron chi connectivity index (χ2n) is 6.17. The lowest BCUT2D eigenvalue weighted by molar-refractivity contribution is 0.272. The number of phenols is 1. The fourth-order valence-electron chi connectivity index (χ4n) is 2.80. The van der Waals surface area contributed by atoms with Gasteiger partial charge in [-0.05, 0) is 55.3 Å². The van der Waals surface area contributed by atoms with E-state index in [2.05, 4.69) is 32.2 Å². The van der Waals surface area contributed by atoms with Gasteiger partial charge >= 0.3 is 0 Å². The smallest absolute Gasteiger partial charge is 0.115 e. The van der Waals surface area contributed by atoms with E-state index < -0.39 is 0 Å². The summed E-state index contributed by atoms with van der Waals surface area (Å²) >= 11 is 0. The first-order valence-corrected chi connectivity index (χ1v) is 7.16. The molecule has 2 N–H and O–H groups in total. The van der Waals surface area contributed by atoms with Gasteiger partial charge in [-0.2, -0.15) is 0 Å². The fraction of sp³-hybridized carbons (Fsp3) is 0.529. The van der Waals surface area contributed by atoms with E-state index in [1.54, 1.807) is 12.1 Å². The molecule has 0 radical (unpaired) electrons. The number of rotatable bonds is 5. The SMILES string of the molecule is CC1=CCC(CCNCc2ccc(O)cc2)C1(C)C. The van der Waals surface area contributed by atoms with Gasteiger partial charge in [0.2, 0.25) is 0 Å². The Bertz CT molecular complexity index is 445. The Hall–Kier alpha value is -1.28. The summed E-state index contributed by atoms with van der Waals surface area (Å²) < 4.78 is 0. The summed E-state index contributed by atoms with van der Waals surface area (Å²) in [6.45, 7) is 8.90. The molecule has 1 aromatic rings. The van der Waals surface area contributed by atoms with Crippen molar-refractivity contribution in [3.8, 4) is 5.75 Å². The average molecular weight is 259 g/mol. The molecule has 0 aliphatic heterocycles. The van der Waals surface area contributed by atoms with Crippen LogP contribution in [0.1, 0.15) is 39.2 Å². The van der Waals surface area contributed by atoms with Gasteiger partial charge < -0.3 is 10.4 Å². The van der Waals surface area contributed by atoms with Crippen LogP contribution in [-0.2, 0) is 6.54 Å². The van der Waals surface area contributed by atoms with Crippen molar-refractivity contribution in [2.24, 2.45) is 11.3 Å². The molecule has 2 rings (SSSR count). The molecular formula is C17H25NO.